The van der Waals surface area contributed by atoms with Gasteiger partial charge < -0.3 is 19.7 Å². The maximum Gasteiger partial charge on any atom is 0.339 e. The summed E-state index contributed by atoms with van der Waals surface area (Å²) in [6.07, 6.45) is 0. The fraction of sp³-hybridized carbons (Fsp3) is 0.111. The minimum Gasteiger partial charge on any atom is -0.478 e. The van der Waals surface area contributed by atoms with E-state index in [1.54, 1.807) is 0 Å². The van der Waals surface area contributed by atoms with E-state index in [2.05, 4.69) is 0 Å². The van der Waals surface area contributed by atoms with Crippen LogP contribution in [0.1, 0.15) is 34.6 Å². The maximum absolute atomic E-state index is 11.4. The van der Waals surface area contributed by atoms with Gasteiger partial charge in [0.25, 0.3) is 0 Å². The number of esters is 2. The lowest BCUT2D eigenvalue weighted by Crippen LogP contribution is -2.10. The first kappa shape index (κ1) is 18.7. The van der Waals surface area contributed by atoms with E-state index in [-0.39, 0.29) is 33.8 Å². The van der Waals surface area contributed by atoms with E-state index in [1.165, 1.54) is 30.3 Å². The van der Waals surface area contributed by atoms with Gasteiger partial charge in [0, 0.05) is 25.0 Å². The summed E-state index contributed by atoms with van der Waals surface area (Å²) in [5.41, 5.74) is -0.0416. The molecule has 8 heteroatoms. The summed E-state index contributed by atoms with van der Waals surface area (Å²) < 4.78 is 10.1. The van der Waals surface area contributed by atoms with Crippen LogP contribution < -0.4 is 9.47 Å². The Hall–Kier alpha value is -3.68. The number of hydrogen-bond acceptors (Lipinski definition) is 6. The summed E-state index contributed by atoms with van der Waals surface area (Å²) >= 11 is 0. The molecule has 0 fully saturated rings. The van der Waals surface area contributed by atoms with Gasteiger partial charge in [0.15, 0.2) is 5.75 Å². The molecule has 0 aliphatic carbocycles. The maximum atomic E-state index is 11.4. The average molecular weight is 358 g/mol. The molecule has 0 atom stereocenters. The smallest absolute Gasteiger partial charge is 0.339 e. The highest BCUT2D eigenvalue weighted by atomic mass is 16.5. The third-order valence-corrected chi connectivity index (χ3v) is 3.26. The highest BCUT2D eigenvalue weighted by Crippen LogP contribution is 2.39. The van der Waals surface area contributed by atoms with Gasteiger partial charge >= 0.3 is 23.9 Å². The summed E-state index contributed by atoms with van der Waals surface area (Å²) in [5, 5.41) is 18.4. The predicted octanol–water partition coefficient (Wildman–Crippen LogP) is 2.60. The Labute approximate surface area is 147 Å². The van der Waals surface area contributed by atoms with Crippen molar-refractivity contribution in [3.63, 3.8) is 0 Å². The molecule has 26 heavy (non-hydrogen) atoms. The quantitative estimate of drug-likeness (QED) is 0.617. The molecule has 8 nitrogen and oxygen atoms in total. The van der Waals surface area contributed by atoms with E-state index in [0.29, 0.717) is 0 Å². The SMILES string of the molecule is CC(=O)Oc1cc(C(=O)O)ccc1-c1cccc(C(=O)O)c1OC(C)=O. The summed E-state index contributed by atoms with van der Waals surface area (Å²) in [5.74, 6) is -4.32. The Morgan fingerprint density at radius 3 is 2.00 bits per heavy atom. The van der Waals surface area contributed by atoms with Gasteiger partial charge in [-0.05, 0) is 24.3 Å². The fourth-order valence-corrected chi connectivity index (χ4v) is 2.29. The fourth-order valence-electron chi connectivity index (χ4n) is 2.29. The van der Waals surface area contributed by atoms with E-state index in [1.807, 2.05) is 0 Å². The number of benzene rings is 2. The van der Waals surface area contributed by atoms with Gasteiger partial charge in [-0.3, -0.25) is 9.59 Å². The Morgan fingerprint density at radius 2 is 1.46 bits per heavy atom. The Kier molecular flexibility index (Phi) is 5.36. The number of para-hydroxylation sites is 1. The second-order valence-electron chi connectivity index (χ2n) is 5.19. The van der Waals surface area contributed by atoms with Crippen molar-refractivity contribution in [2.75, 3.05) is 0 Å². The topological polar surface area (TPSA) is 127 Å². The molecule has 2 N–H and O–H groups in total. The van der Waals surface area contributed by atoms with Crippen molar-refractivity contribution in [2.24, 2.45) is 0 Å². The van der Waals surface area contributed by atoms with Crippen molar-refractivity contribution in [3.05, 3.63) is 47.5 Å². The first-order valence-electron chi connectivity index (χ1n) is 7.31. The third-order valence-electron chi connectivity index (χ3n) is 3.26. The molecular weight excluding hydrogens is 344 g/mol. The van der Waals surface area contributed by atoms with Crippen molar-refractivity contribution < 1.29 is 38.9 Å². The first-order valence-corrected chi connectivity index (χ1v) is 7.31. The number of aromatic carboxylic acids is 2. The lowest BCUT2D eigenvalue weighted by molar-refractivity contribution is -0.132. The molecule has 0 radical (unpaired) electrons. The largest absolute Gasteiger partial charge is 0.478 e. The van der Waals surface area contributed by atoms with Crippen molar-refractivity contribution in [3.8, 4) is 22.6 Å². The van der Waals surface area contributed by atoms with E-state index >= 15 is 0 Å². The molecule has 2 aromatic carbocycles. The van der Waals surface area contributed by atoms with Gasteiger partial charge in [-0.2, -0.15) is 0 Å². The van der Waals surface area contributed by atoms with Gasteiger partial charge in [-0.25, -0.2) is 9.59 Å². The van der Waals surface area contributed by atoms with Crippen LogP contribution in [0.15, 0.2) is 36.4 Å². The third kappa shape index (κ3) is 4.04. The van der Waals surface area contributed by atoms with E-state index in [9.17, 15) is 24.3 Å². The zero-order chi connectivity index (χ0) is 19.4. The number of carbonyl (C=O) groups is 4. The van der Waals surface area contributed by atoms with Crippen molar-refractivity contribution in [2.45, 2.75) is 13.8 Å². The van der Waals surface area contributed by atoms with Gasteiger partial charge in [-0.1, -0.05) is 12.1 Å². The highest BCUT2D eigenvalue weighted by Gasteiger charge is 2.22. The van der Waals surface area contributed by atoms with Crippen molar-refractivity contribution in [1.29, 1.82) is 0 Å². The monoisotopic (exact) mass is 358 g/mol. The number of rotatable bonds is 5. The Morgan fingerprint density at radius 1 is 0.808 bits per heavy atom. The molecule has 0 spiro atoms. The molecule has 2 rings (SSSR count). The molecule has 2 aromatic rings. The number of carboxylic acid groups (broad SMARTS) is 2. The molecule has 0 heterocycles. The summed E-state index contributed by atoms with van der Waals surface area (Å²) in [6.45, 7) is 2.25. The number of hydrogen-bond donors (Lipinski definition) is 2. The lowest BCUT2D eigenvalue weighted by Gasteiger charge is -2.15. The molecule has 0 unspecified atom stereocenters. The summed E-state index contributed by atoms with van der Waals surface area (Å²) in [4.78, 5) is 45.4. The van der Waals surface area contributed by atoms with Crippen LogP contribution in [0.3, 0.4) is 0 Å². The van der Waals surface area contributed by atoms with E-state index in [4.69, 9.17) is 14.6 Å². The Bertz CT molecular complexity index is 913. The molecule has 0 aromatic heterocycles. The van der Waals surface area contributed by atoms with Crippen molar-refractivity contribution >= 4 is 23.9 Å². The normalized spacial score (nSPS) is 10.1. The number of carboxylic acids is 2. The van der Waals surface area contributed by atoms with E-state index in [0.717, 1.165) is 19.9 Å². The second-order valence-corrected chi connectivity index (χ2v) is 5.19. The van der Waals surface area contributed by atoms with Gasteiger partial charge in [0.2, 0.25) is 0 Å². The van der Waals surface area contributed by atoms with Crippen LogP contribution in [-0.4, -0.2) is 34.1 Å². The molecule has 0 amide bonds. The van der Waals surface area contributed by atoms with Crippen LogP contribution in [-0.2, 0) is 9.59 Å². The van der Waals surface area contributed by atoms with Crippen LogP contribution >= 0.6 is 0 Å². The summed E-state index contributed by atoms with van der Waals surface area (Å²) in [6, 6.07) is 7.87. The highest BCUT2D eigenvalue weighted by molar-refractivity contribution is 5.97. The molecular formula is C18H14O8. The van der Waals surface area contributed by atoms with Crippen LogP contribution in [0.25, 0.3) is 11.1 Å². The summed E-state index contributed by atoms with van der Waals surface area (Å²) in [7, 11) is 0. The molecule has 0 aliphatic heterocycles. The number of ether oxygens (including phenoxy) is 2. The predicted molar refractivity (Wildman–Crippen MR) is 88.4 cm³/mol. The Balaban J connectivity index is 2.76. The van der Waals surface area contributed by atoms with Crippen LogP contribution in [0, 0.1) is 0 Å². The first-order chi connectivity index (χ1) is 12.2. The lowest BCUT2D eigenvalue weighted by atomic mass is 9.99. The zero-order valence-electron chi connectivity index (χ0n) is 13.8. The van der Waals surface area contributed by atoms with Gasteiger partial charge in [-0.15, -0.1) is 0 Å². The minimum absolute atomic E-state index is 0.103. The molecule has 0 saturated heterocycles. The van der Waals surface area contributed by atoms with Crippen molar-refractivity contribution in [1.82, 2.24) is 0 Å². The van der Waals surface area contributed by atoms with Gasteiger partial charge in [0.1, 0.15) is 11.3 Å². The van der Waals surface area contributed by atoms with E-state index < -0.39 is 23.9 Å². The van der Waals surface area contributed by atoms with Crippen LogP contribution in [0.4, 0.5) is 0 Å². The minimum atomic E-state index is -1.32. The molecule has 0 aliphatic rings. The number of carbonyl (C=O) groups excluding carboxylic acids is 2. The molecule has 0 bridgehead atoms. The second kappa shape index (κ2) is 7.47. The standard InChI is InChI=1S/C18H14O8/c1-9(19)25-15-8-11(17(21)22)6-7-12(15)13-4-3-5-14(18(23)24)16(13)26-10(2)20/h3-8H,1-2H3,(H,21,22)(H,23,24). The zero-order valence-corrected chi connectivity index (χ0v) is 13.8. The average Bonchev–Trinajstić information content (AvgIpc) is 2.53. The van der Waals surface area contributed by atoms with Crippen LogP contribution in [0.5, 0.6) is 11.5 Å². The molecule has 134 valence electrons. The van der Waals surface area contributed by atoms with Gasteiger partial charge in [0.05, 0.1) is 5.56 Å². The molecule has 0 saturated carbocycles. The van der Waals surface area contributed by atoms with Crippen LogP contribution in [0.2, 0.25) is 0 Å².